The van der Waals surface area contributed by atoms with Crippen molar-refractivity contribution in [1.82, 2.24) is 9.80 Å². The maximum atomic E-state index is 6.11. The van der Waals surface area contributed by atoms with E-state index in [1.54, 1.807) is 0 Å². The van der Waals surface area contributed by atoms with Gasteiger partial charge in [0.2, 0.25) is 0 Å². The third-order valence-corrected chi connectivity index (χ3v) is 4.91. The summed E-state index contributed by atoms with van der Waals surface area (Å²) in [6.07, 6.45) is 5.26. The molecule has 1 unspecified atom stereocenters. The highest BCUT2D eigenvalue weighted by molar-refractivity contribution is 5.00. The fourth-order valence-electron chi connectivity index (χ4n) is 3.51. The number of rotatable bonds is 2. The molecule has 0 amide bonds. The van der Waals surface area contributed by atoms with Gasteiger partial charge in [0.25, 0.3) is 0 Å². The van der Waals surface area contributed by atoms with Crippen LogP contribution in [0.25, 0.3) is 0 Å². The van der Waals surface area contributed by atoms with Gasteiger partial charge in [-0.2, -0.15) is 0 Å². The summed E-state index contributed by atoms with van der Waals surface area (Å²) in [5.74, 6) is 0. The van der Waals surface area contributed by atoms with Gasteiger partial charge in [0, 0.05) is 18.6 Å². The lowest BCUT2D eigenvalue weighted by atomic mass is 9.85. The summed E-state index contributed by atoms with van der Waals surface area (Å²) in [5, 5.41) is 0. The first-order valence-corrected chi connectivity index (χ1v) is 7.11. The monoisotopic (exact) mass is 239 g/mol. The molecule has 0 bridgehead atoms. The molecule has 100 valence electrons. The molecular weight excluding hydrogens is 210 g/mol. The molecule has 0 aromatic heterocycles. The van der Waals surface area contributed by atoms with Crippen LogP contribution < -0.4 is 5.73 Å². The minimum Gasteiger partial charge on any atom is -0.329 e. The molecule has 0 aromatic rings. The minimum atomic E-state index is 0.273. The van der Waals surface area contributed by atoms with Gasteiger partial charge in [0.05, 0.1) is 0 Å². The van der Waals surface area contributed by atoms with Crippen LogP contribution in [0.4, 0.5) is 0 Å². The molecule has 3 nitrogen and oxygen atoms in total. The van der Waals surface area contributed by atoms with Crippen LogP contribution in [-0.4, -0.2) is 55.1 Å². The highest BCUT2D eigenvalue weighted by Gasteiger charge is 2.41. The molecule has 17 heavy (non-hydrogen) atoms. The molecule has 3 heteroatoms. The van der Waals surface area contributed by atoms with Gasteiger partial charge in [-0.25, -0.2) is 0 Å². The van der Waals surface area contributed by atoms with E-state index in [0.29, 0.717) is 5.41 Å². The number of nitrogens with two attached hydrogens (primary N) is 1. The summed E-state index contributed by atoms with van der Waals surface area (Å²) >= 11 is 0. The number of likely N-dealkylation sites (N-methyl/N-ethyl adjacent to an activating group) is 1. The van der Waals surface area contributed by atoms with Crippen LogP contribution in [0.5, 0.6) is 0 Å². The second-order valence-electron chi connectivity index (χ2n) is 6.92. The topological polar surface area (TPSA) is 32.5 Å². The highest BCUT2D eigenvalue weighted by Crippen LogP contribution is 2.34. The van der Waals surface area contributed by atoms with Crippen LogP contribution in [0.2, 0.25) is 0 Å². The molecule has 0 aromatic carbocycles. The SMILES string of the molecule is CN1CCC(CN)(N2CCCC(C)(C)CC2)C1. The average Bonchev–Trinajstić information content (AvgIpc) is 2.56. The van der Waals surface area contributed by atoms with Crippen molar-refractivity contribution in [2.45, 2.75) is 45.1 Å². The first-order chi connectivity index (χ1) is 7.97. The maximum absolute atomic E-state index is 6.11. The Morgan fingerprint density at radius 1 is 1.06 bits per heavy atom. The van der Waals surface area contributed by atoms with E-state index in [0.717, 1.165) is 13.1 Å². The van der Waals surface area contributed by atoms with Gasteiger partial charge in [-0.1, -0.05) is 13.8 Å². The molecule has 2 aliphatic rings. The second-order valence-corrected chi connectivity index (χ2v) is 6.92. The van der Waals surface area contributed by atoms with Gasteiger partial charge in [0.1, 0.15) is 0 Å². The zero-order chi connectivity index (χ0) is 12.5. The van der Waals surface area contributed by atoms with Crippen LogP contribution in [0.1, 0.15) is 39.5 Å². The predicted molar refractivity (Wildman–Crippen MR) is 73.1 cm³/mol. The van der Waals surface area contributed by atoms with E-state index < -0.39 is 0 Å². The summed E-state index contributed by atoms with van der Waals surface area (Å²) in [7, 11) is 2.22. The summed E-state index contributed by atoms with van der Waals surface area (Å²) in [4.78, 5) is 5.13. The number of hydrogen-bond donors (Lipinski definition) is 1. The summed E-state index contributed by atoms with van der Waals surface area (Å²) in [6, 6.07) is 0. The lowest BCUT2D eigenvalue weighted by Crippen LogP contribution is -2.55. The van der Waals surface area contributed by atoms with Crippen LogP contribution in [0.3, 0.4) is 0 Å². The van der Waals surface area contributed by atoms with Crippen molar-refractivity contribution in [3.8, 4) is 0 Å². The van der Waals surface area contributed by atoms with E-state index in [4.69, 9.17) is 5.73 Å². The van der Waals surface area contributed by atoms with Crippen LogP contribution in [0, 0.1) is 5.41 Å². The lowest BCUT2D eigenvalue weighted by molar-refractivity contribution is 0.102. The van der Waals surface area contributed by atoms with Gasteiger partial charge in [-0.3, -0.25) is 4.90 Å². The number of hydrogen-bond acceptors (Lipinski definition) is 3. The quantitative estimate of drug-likeness (QED) is 0.793. The third-order valence-electron chi connectivity index (χ3n) is 4.91. The van der Waals surface area contributed by atoms with Crippen molar-refractivity contribution in [1.29, 1.82) is 0 Å². The third kappa shape index (κ3) is 2.83. The molecule has 0 radical (unpaired) electrons. The second kappa shape index (κ2) is 4.87. The molecular formula is C14H29N3. The molecule has 2 N–H and O–H groups in total. The van der Waals surface area contributed by atoms with Crippen molar-refractivity contribution >= 4 is 0 Å². The van der Waals surface area contributed by atoms with Gasteiger partial charge in [-0.15, -0.1) is 0 Å². The van der Waals surface area contributed by atoms with Gasteiger partial charge < -0.3 is 10.6 Å². The largest absolute Gasteiger partial charge is 0.329 e. The first kappa shape index (κ1) is 13.3. The molecule has 2 rings (SSSR count). The predicted octanol–water partition coefficient (Wildman–Crippen LogP) is 1.53. The molecule has 2 aliphatic heterocycles. The van der Waals surface area contributed by atoms with E-state index >= 15 is 0 Å². The van der Waals surface area contributed by atoms with Crippen molar-refractivity contribution in [3.63, 3.8) is 0 Å². The maximum Gasteiger partial charge on any atom is 0.0470 e. The smallest absolute Gasteiger partial charge is 0.0470 e. The first-order valence-electron chi connectivity index (χ1n) is 7.11. The fraction of sp³-hybridized carbons (Fsp3) is 1.00. The molecule has 2 fully saturated rings. The van der Waals surface area contributed by atoms with E-state index in [2.05, 4.69) is 30.7 Å². The Morgan fingerprint density at radius 3 is 2.41 bits per heavy atom. The van der Waals surface area contributed by atoms with Crippen LogP contribution in [-0.2, 0) is 0 Å². The van der Waals surface area contributed by atoms with Crippen molar-refractivity contribution in [2.24, 2.45) is 11.1 Å². The molecule has 0 saturated carbocycles. The van der Waals surface area contributed by atoms with Crippen molar-refractivity contribution in [2.75, 3.05) is 39.8 Å². The van der Waals surface area contributed by atoms with Gasteiger partial charge in [0.15, 0.2) is 0 Å². The molecule has 1 atom stereocenters. The number of nitrogens with zero attached hydrogens (tertiary/aromatic N) is 2. The summed E-state index contributed by atoms with van der Waals surface area (Å²) in [6.45, 7) is 10.5. The Labute approximate surface area is 106 Å². The van der Waals surface area contributed by atoms with Crippen LogP contribution in [0.15, 0.2) is 0 Å². The Balaban J connectivity index is 2.05. The highest BCUT2D eigenvalue weighted by atomic mass is 15.3. The fourth-order valence-corrected chi connectivity index (χ4v) is 3.51. The van der Waals surface area contributed by atoms with Crippen molar-refractivity contribution in [3.05, 3.63) is 0 Å². The zero-order valence-corrected chi connectivity index (χ0v) is 11.8. The van der Waals surface area contributed by atoms with Gasteiger partial charge in [-0.05, 0) is 57.8 Å². The van der Waals surface area contributed by atoms with Crippen molar-refractivity contribution < 1.29 is 0 Å². The Bertz CT molecular complexity index is 264. The summed E-state index contributed by atoms with van der Waals surface area (Å²) in [5.41, 5.74) is 6.91. The van der Waals surface area contributed by atoms with Gasteiger partial charge >= 0.3 is 0 Å². The summed E-state index contributed by atoms with van der Waals surface area (Å²) < 4.78 is 0. The Kier molecular flexibility index (Phi) is 3.81. The average molecular weight is 239 g/mol. The lowest BCUT2D eigenvalue weighted by Gasteiger charge is -2.40. The molecule has 0 spiro atoms. The van der Waals surface area contributed by atoms with E-state index in [9.17, 15) is 0 Å². The molecule has 2 heterocycles. The minimum absolute atomic E-state index is 0.273. The normalized spacial score (nSPS) is 36.0. The number of likely N-dealkylation sites (tertiary alicyclic amines) is 2. The van der Waals surface area contributed by atoms with E-state index in [1.165, 1.54) is 45.3 Å². The zero-order valence-electron chi connectivity index (χ0n) is 11.8. The standard InChI is InChI=1S/C14H29N3/c1-13(2)5-4-8-17(10-6-13)14(11-15)7-9-16(3)12-14/h4-12,15H2,1-3H3. The molecule has 2 saturated heterocycles. The Hall–Kier alpha value is -0.120. The molecule has 0 aliphatic carbocycles. The Morgan fingerprint density at radius 2 is 1.82 bits per heavy atom. The van der Waals surface area contributed by atoms with E-state index in [-0.39, 0.29) is 5.54 Å². The van der Waals surface area contributed by atoms with E-state index in [1.807, 2.05) is 0 Å². The van der Waals surface area contributed by atoms with Crippen LogP contribution >= 0.6 is 0 Å².